The Labute approximate surface area is 160 Å². The number of carbonyl (C=O) groups excluding carboxylic acids is 1. The van der Waals surface area contributed by atoms with E-state index in [1.807, 2.05) is 4.90 Å². The highest BCUT2D eigenvalue weighted by molar-refractivity contribution is 7.91. The van der Waals surface area contributed by atoms with E-state index < -0.39 is 9.84 Å². The van der Waals surface area contributed by atoms with Crippen molar-refractivity contribution in [2.45, 2.75) is 19.4 Å². The molecule has 1 amide bonds. The molecule has 27 heavy (non-hydrogen) atoms. The maximum Gasteiger partial charge on any atom is 0.223 e. The van der Waals surface area contributed by atoms with Crippen molar-refractivity contribution >= 4 is 26.5 Å². The van der Waals surface area contributed by atoms with Gasteiger partial charge in [0.15, 0.2) is 9.84 Å². The summed E-state index contributed by atoms with van der Waals surface area (Å²) in [4.78, 5) is 16.0. The van der Waals surface area contributed by atoms with Gasteiger partial charge in [0.2, 0.25) is 5.91 Å². The second-order valence-corrected chi connectivity index (χ2v) is 10.1. The zero-order chi connectivity index (χ0) is 18.9. The van der Waals surface area contributed by atoms with E-state index in [9.17, 15) is 13.2 Å². The predicted molar refractivity (Wildman–Crippen MR) is 106 cm³/mol. The summed E-state index contributed by atoms with van der Waals surface area (Å²) in [7, 11) is -2.91. The lowest BCUT2D eigenvalue weighted by Gasteiger charge is -2.33. The van der Waals surface area contributed by atoms with Gasteiger partial charge in [0.1, 0.15) is 6.54 Å². The number of rotatable bonds is 4. The molecule has 0 unspecified atom stereocenters. The summed E-state index contributed by atoms with van der Waals surface area (Å²) in [6.07, 6.45) is 1.03. The number of hydrogen-bond acceptors (Lipinski definition) is 3. The third-order valence-electron chi connectivity index (χ3n) is 5.93. The van der Waals surface area contributed by atoms with Crippen LogP contribution in [0.1, 0.15) is 18.4 Å². The number of piperazine rings is 1. The third-order valence-corrected chi connectivity index (χ3v) is 7.77. The number of fused-ring (bicyclic) bond motifs is 1. The lowest BCUT2D eigenvalue weighted by molar-refractivity contribution is -0.917. The molecular formula is C21H27N2O3S+. The third kappa shape index (κ3) is 4.33. The van der Waals surface area contributed by atoms with Crippen molar-refractivity contribution in [1.29, 1.82) is 0 Å². The van der Waals surface area contributed by atoms with Crippen LogP contribution in [-0.2, 0) is 21.2 Å². The molecule has 2 heterocycles. The van der Waals surface area contributed by atoms with Gasteiger partial charge >= 0.3 is 0 Å². The minimum Gasteiger partial charge on any atom is -0.331 e. The van der Waals surface area contributed by atoms with Crippen LogP contribution in [0, 0.1) is 5.92 Å². The molecule has 2 aliphatic rings. The van der Waals surface area contributed by atoms with Gasteiger partial charge in [-0.05, 0) is 23.1 Å². The molecule has 0 saturated carbocycles. The molecule has 2 aliphatic heterocycles. The van der Waals surface area contributed by atoms with Crippen molar-refractivity contribution in [2.24, 2.45) is 5.92 Å². The fraction of sp³-hybridized carbons (Fsp3) is 0.476. The van der Waals surface area contributed by atoms with Gasteiger partial charge in [0, 0.05) is 12.0 Å². The van der Waals surface area contributed by atoms with Gasteiger partial charge in [0.25, 0.3) is 0 Å². The van der Waals surface area contributed by atoms with E-state index in [-0.39, 0.29) is 23.3 Å². The Morgan fingerprint density at radius 1 is 1.07 bits per heavy atom. The molecule has 2 aromatic rings. The summed E-state index contributed by atoms with van der Waals surface area (Å²) in [6.45, 7) is 4.39. The zero-order valence-electron chi connectivity index (χ0n) is 15.6. The lowest BCUT2D eigenvalue weighted by Crippen LogP contribution is -3.13. The zero-order valence-corrected chi connectivity index (χ0v) is 16.4. The van der Waals surface area contributed by atoms with Crippen LogP contribution in [0.15, 0.2) is 42.5 Å². The molecule has 0 bridgehead atoms. The fourth-order valence-corrected chi connectivity index (χ4v) is 6.24. The number of nitrogens with one attached hydrogen (secondary N) is 1. The molecular weight excluding hydrogens is 360 g/mol. The smallest absolute Gasteiger partial charge is 0.223 e. The van der Waals surface area contributed by atoms with Gasteiger partial charge in [-0.25, -0.2) is 8.42 Å². The minimum absolute atomic E-state index is 0.0172. The minimum atomic E-state index is -2.91. The second-order valence-electron chi connectivity index (χ2n) is 7.92. The first kappa shape index (κ1) is 18.4. The van der Waals surface area contributed by atoms with E-state index in [1.54, 1.807) is 0 Å². The molecule has 2 fully saturated rings. The van der Waals surface area contributed by atoms with Gasteiger partial charge in [-0.3, -0.25) is 4.79 Å². The van der Waals surface area contributed by atoms with Gasteiger partial charge in [-0.1, -0.05) is 42.5 Å². The van der Waals surface area contributed by atoms with Gasteiger partial charge in [0.05, 0.1) is 37.7 Å². The molecule has 4 rings (SSSR count). The van der Waals surface area contributed by atoms with Crippen molar-refractivity contribution < 1.29 is 18.1 Å². The molecule has 6 heteroatoms. The van der Waals surface area contributed by atoms with Crippen molar-refractivity contribution in [3.8, 4) is 0 Å². The Kier molecular flexibility index (Phi) is 5.19. The SMILES string of the molecule is O=C(C[C@@H]1CCS(=O)(=O)C1)N1CC[NH+](Cc2cccc3ccccc23)CC1. The highest BCUT2D eigenvalue weighted by Gasteiger charge is 2.32. The number of quaternary nitrogens is 1. The monoisotopic (exact) mass is 387 g/mol. The standard InChI is InChI=1S/C21H26N2O3S/c24-21(14-17-8-13-27(25,26)16-17)23-11-9-22(10-12-23)15-19-6-3-5-18-4-1-2-7-20(18)19/h1-7,17H,8-16H2/p+1/t17-/m0/s1. The number of amides is 1. The van der Waals surface area contributed by atoms with E-state index in [0.29, 0.717) is 12.8 Å². The van der Waals surface area contributed by atoms with Crippen LogP contribution < -0.4 is 4.90 Å². The Morgan fingerprint density at radius 2 is 1.81 bits per heavy atom. The molecule has 144 valence electrons. The summed E-state index contributed by atoms with van der Waals surface area (Å²) >= 11 is 0. The van der Waals surface area contributed by atoms with Crippen LogP contribution in [0.5, 0.6) is 0 Å². The highest BCUT2D eigenvalue weighted by atomic mass is 32.2. The van der Waals surface area contributed by atoms with Crippen molar-refractivity contribution in [3.63, 3.8) is 0 Å². The van der Waals surface area contributed by atoms with Gasteiger partial charge in [-0.2, -0.15) is 0 Å². The fourth-order valence-electron chi connectivity index (χ4n) is 4.37. The van der Waals surface area contributed by atoms with E-state index >= 15 is 0 Å². The Morgan fingerprint density at radius 3 is 2.56 bits per heavy atom. The Balaban J connectivity index is 1.32. The molecule has 2 saturated heterocycles. The van der Waals surface area contributed by atoms with Crippen LogP contribution in [0.3, 0.4) is 0 Å². The first-order chi connectivity index (χ1) is 13.0. The summed E-state index contributed by atoms with van der Waals surface area (Å²) in [6, 6.07) is 14.9. The van der Waals surface area contributed by atoms with Crippen LogP contribution in [0.4, 0.5) is 0 Å². The average molecular weight is 388 g/mol. The van der Waals surface area contributed by atoms with Gasteiger partial charge < -0.3 is 9.80 Å². The maximum atomic E-state index is 12.5. The number of nitrogens with zero attached hydrogens (tertiary/aromatic N) is 1. The summed E-state index contributed by atoms with van der Waals surface area (Å²) in [5.74, 6) is 0.573. The van der Waals surface area contributed by atoms with Crippen LogP contribution >= 0.6 is 0 Å². The molecule has 1 atom stereocenters. The molecule has 0 spiro atoms. The lowest BCUT2D eigenvalue weighted by atomic mass is 10.0. The van der Waals surface area contributed by atoms with E-state index in [2.05, 4.69) is 42.5 Å². The average Bonchev–Trinajstić information content (AvgIpc) is 3.01. The number of hydrogen-bond donors (Lipinski definition) is 1. The van der Waals surface area contributed by atoms with E-state index in [4.69, 9.17) is 0 Å². The summed E-state index contributed by atoms with van der Waals surface area (Å²) < 4.78 is 23.2. The van der Waals surface area contributed by atoms with Crippen molar-refractivity contribution in [3.05, 3.63) is 48.0 Å². The normalized spacial score (nSPS) is 23.0. The largest absolute Gasteiger partial charge is 0.331 e. The topological polar surface area (TPSA) is 58.9 Å². The van der Waals surface area contributed by atoms with Crippen LogP contribution in [0.2, 0.25) is 0 Å². The number of carbonyl (C=O) groups is 1. The number of sulfone groups is 1. The Hall–Kier alpha value is -1.92. The molecule has 0 aromatic heterocycles. The summed E-state index contributed by atoms with van der Waals surface area (Å²) in [5.41, 5.74) is 1.36. The second kappa shape index (κ2) is 7.60. The molecule has 0 aliphatic carbocycles. The quantitative estimate of drug-likeness (QED) is 0.848. The molecule has 0 radical (unpaired) electrons. The number of benzene rings is 2. The first-order valence-electron chi connectivity index (χ1n) is 9.78. The van der Waals surface area contributed by atoms with Crippen molar-refractivity contribution in [1.82, 2.24) is 4.90 Å². The maximum absolute atomic E-state index is 12.5. The van der Waals surface area contributed by atoms with Crippen LogP contribution in [0.25, 0.3) is 10.8 Å². The van der Waals surface area contributed by atoms with E-state index in [1.165, 1.54) is 21.2 Å². The summed E-state index contributed by atoms with van der Waals surface area (Å²) in [5, 5.41) is 2.59. The van der Waals surface area contributed by atoms with Crippen LogP contribution in [-0.4, -0.2) is 56.9 Å². The van der Waals surface area contributed by atoms with Crippen molar-refractivity contribution in [2.75, 3.05) is 37.7 Å². The van der Waals surface area contributed by atoms with E-state index in [0.717, 1.165) is 32.7 Å². The molecule has 5 nitrogen and oxygen atoms in total. The highest BCUT2D eigenvalue weighted by Crippen LogP contribution is 2.22. The predicted octanol–water partition coefficient (Wildman–Crippen LogP) is 0.892. The van der Waals surface area contributed by atoms with Gasteiger partial charge in [-0.15, -0.1) is 0 Å². The molecule has 1 N–H and O–H groups in total. The molecule has 2 aromatic carbocycles. The first-order valence-corrected chi connectivity index (χ1v) is 11.6. The Bertz CT molecular complexity index is 928.